The van der Waals surface area contributed by atoms with Gasteiger partial charge in [0, 0.05) is 0 Å². The van der Waals surface area contributed by atoms with Crippen molar-refractivity contribution in [2.45, 2.75) is 0 Å². The molecule has 0 aliphatic carbocycles. The van der Waals surface area contributed by atoms with Gasteiger partial charge >= 0.3 is 0 Å². The molecule has 0 aromatic heterocycles. The first-order chi connectivity index (χ1) is 1.91. The average molecular weight is 56.0 g/mol. The van der Waals surface area contributed by atoms with Crippen LogP contribution >= 0.6 is 0 Å². The second kappa shape index (κ2) is 2.25. The summed E-state index contributed by atoms with van der Waals surface area (Å²) in [5.74, 6) is 4.29. The van der Waals surface area contributed by atoms with Gasteiger partial charge in [-0.1, -0.05) is 0 Å². The van der Waals surface area contributed by atoms with Crippen LogP contribution in [0.25, 0.3) is 0 Å². The molecule has 3 nitrogen and oxygen atoms in total. The molecule has 0 bridgehead atoms. The summed E-state index contributed by atoms with van der Waals surface area (Å²) in [5.41, 5.74) is 2.54. The van der Waals surface area contributed by atoms with Gasteiger partial charge in [0.2, 0.25) is 6.19 Å². The summed E-state index contributed by atoms with van der Waals surface area (Å²) in [6, 6.07) is 0. The van der Waals surface area contributed by atoms with Gasteiger partial charge in [-0.25, -0.2) is 5.84 Å². The zero-order chi connectivity index (χ0) is 3.41. The van der Waals surface area contributed by atoms with Crippen LogP contribution < -0.4 is 11.3 Å². The third-order valence-corrected chi connectivity index (χ3v) is 0.0577. The maximum atomic E-state index is 7.33. The maximum absolute atomic E-state index is 7.33. The van der Waals surface area contributed by atoms with Crippen LogP contribution in [0, 0.1) is 11.5 Å². The Kier molecular flexibility index (Phi) is 1.83. The third kappa shape index (κ3) is 1.25. The van der Waals surface area contributed by atoms with Crippen LogP contribution in [0.4, 0.5) is 0 Å². The van der Waals surface area contributed by atoms with E-state index in [1.54, 1.807) is 0 Å². The van der Waals surface area contributed by atoms with Crippen molar-refractivity contribution in [1.29, 1.82) is 5.26 Å². The van der Waals surface area contributed by atoms with E-state index in [0.29, 0.717) is 0 Å². The molecular formula is CH2N3. The quantitative estimate of drug-likeness (QED) is 0.218. The van der Waals surface area contributed by atoms with E-state index in [4.69, 9.17) is 5.26 Å². The third-order valence-electron chi connectivity index (χ3n) is 0.0577. The Morgan fingerprint density at radius 1 is 2.00 bits per heavy atom. The Bertz CT molecular complexity index is 33.0. The van der Waals surface area contributed by atoms with Gasteiger partial charge in [-0.3, -0.25) is 0 Å². The lowest BCUT2D eigenvalue weighted by atomic mass is 11.4. The summed E-state index contributed by atoms with van der Waals surface area (Å²) in [7, 11) is 0. The van der Waals surface area contributed by atoms with Gasteiger partial charge in [0.15, 0.2) is 0 Å². The van der Waals surface area contributed by atoms with E-state index in [2.05, 4.69) is 11.3 Å². The van der Waals surface area contributed by atoms with Gasteiger partial charge in [-0.15, -0.1) is 5.43 Å². The van der Waals surface area contributed by atoms with Crippen LogP contribution in [0.1, 0.15) is 0 Å². The first-order valence-electron chi connectivity index (χ1n) is 0.705. The number of nitriles is 1. The van der Waals surface area contributed by atoms with Crippen LogP contribution in [-0.4, -0.2) is 0 Å². The zero-order valence-electron chi connectivity index (χ0n) is 1.97. The monoisotopic (exact) mass is 56.0 g/mol. The maximum Gasteiger partial charge on any atom is 0.218 e. The summed E-state index contributed by atoms with van der Waals surface area (Å²) >= 11 is 0. The molecule has 0 heterocycles. The fourth-order valence-electron chi connectivity index (χ4n) is 0. The lowest BCUT2D eigenvalue weighted by Crippen LogP contribution is -2.02. The lowest BCUT2D eigenvalue weighted by Gasteiger charge is -1.54. The highest BCUT2D eigenvalue weighted by molar-refractivity contribution is 4.52. The van der Waals surface area contributed by atoms with Crippen molar-refractivity contribution in [1.82, 2.24) is 5.43 Å². The highest BCUT2D eigenvalue weighted by atomic mass is 15.2. The largest absolute Gasteiger partial charge is 0.218 e. The fourth-order valence-corrected chi connectivity index (χ4v) is 0. The van der Waals surface area contributed by atoms with Crippen LogP contribution in [0.2, 0.25) is 0 Å². The molecule has 3 heteroatoms. The summed E-state index contributed by atoms with van der Waals surface area (Å²) in [5, 5.41) is 7.33. The molecule has 4 heavy (non-hydrogen) atoms. The Labute approximate surface area is 24.0 Å². The van der Waals surface area contributed by atoms with Crippen molar-refractivity contribution in [3.8, 4) is 6.19 Å². The van der Waals surface area contributed by atoms with Gasteiger partial charge < -0.3 is 0 Å². The highest BCUT2D eigenvalue weighted by Gasteiger charge is 1.45. The van der Waals surface area contributed by atoms with Crippen molar-refractivity contribution in [2.24, 2.45) is 5.84 Å². The summed E-state index contributed by atoms with van der Waals surface area (Å²) in [4.78, 5) is 0. The molecule has 0 unspecified atom stereocenters. The molecule has 0 saturated carbocycles. The smallest absolute Gasteiger partial charge is 0.216 e. The zero-order valence-corrected chi connectivity index (χ0v) is 1.97. The number of hydrogen-bond acceptors (Lipinski definition) is 2. The molecule has 0 saturated heterocycles. The summed E-state index contributed by atoms with van der Waals surface area (Å²) in [6.07, 6.45) is 1.33. The minimum atomic E-state index is 1.33. The predicted octanol–water partition coefficient (Wildman–Crippen LogP) is -1.05. The minimum Gasteiger partial charge on any atom is -0.216 e. The Hall–Kier alpha value is -0.750. The van der Waals surface area contributed by atoms with Crippen LogP contribution in [-0.2, 0) is 0 Å². The SMILES string of the molecule is N#C[N]N. The molecule has 0 rings (SSSR count). The van der Waals surface area contributed by atoms with E-state index in [0.717, 1.165) is 0 Å². The molecule has 2 N–H and O–H groups in total. The fraction of sp³-hybridized carbons (Fsp3) is 0. The van der Waals surface area contributed by atoms with Crippen molar-refractivity contribution >= 4 is 0 Å². The lowest BCUT2D eigenvalue weighted by molar-refractivity contribution is 0.963. The molecule has 0 aliphatic heterocycles. The minimum absolute atomic E-state index is 1.33. The van der Waals surface area contributed by atoms with Crippen LogP contribution in [0.15, 0.2) is 0 Å². The second-order valence-corrected chi connectivity index (χ2v) is 0.229. The Morgan fingerprint density at radius 2 is 2.25 bits per heavy atom. The molecule has 0 aromatic rings. The average Bonchev–Trinajstić information content (AvgIpc) is 1.37. The van der Waals surface area contributed by atoms with E-state index in [1.807, 2.05) is 0 Å². The second-order valence-electron chi connectivity index (χ2n) is 0.229. The van der Waals surface area contributed by atoms with Crippen LogP contribution in [0.5, 0.6) is 0 Å². The topological polar surface area (TPSA) is 63.9 Å². The van der Waals surface area contributed by atoms with Gasteiger partial charge in [-0.2, -0.15) is 5.26 Å². The summed E-state index contributed by atoms with van der Waals surface area (Å²) in [6.45, 7) is 0. The molecule has 0 amide bonds. The van der Waals surface area contributed by atoms with Crippen LogP contribution in [0.3, 0.4) is 0 Å². The van der Waals surface area contributed by atoms with Gasteiger partial charge in [0.25, 0.3) is 0 Å². The molecule has 0 spiro atoms. The molecule has 0 aromatic carbocycles. The van der Waals surface area contributed by atoms with E-state index in [1.165, 1.54) is 6.19 Å². The highest BCUT2D eigenvalue weighted by Crippen LogP contribution is 1.15. The Morgan fingerprint density at radius 3 is 2.25 bits per heavy atom. The molecule has 21 valence electrons. The van der Waals surface area contributed by atoms with E-state index in [-0.39, 0.29) is 0 Å². The van der Waals surface area contributed by atoms with E-state index in [9.17, 15) is 0 Å². The first-order valence-corrected chi connectivity index (χ1v) is 0.705. The molecular weight excluding hydrogens is 54.0 g/mol. The van der Waals surface area contributed by atoms with Crippen molar-refractivity contribution in [2.75, 3.05) is 0 Å². The molecule has 0 aliphatic rings. The normalized spacial score (nSPS) is 4.00. The van der Waals surface area contributed by atoms with Crippen molar-refractivity contribution < 1.29 is 0 Å². The van der Waals surface area contributed by atoms with Gasteiger partial charge in [0.05, 0.1) is 0 Å². The number of rotatable bonds is 0. The summed E-state index contributed by atoms with van der Waals surface area (Å²) < 4.78 is 0. The van der Waals surface area contributed by atoms with Gasteiger partial charge in [0.1, 0.15) is 0 Å². The van der Waals surface area contributed by atoms with E-state index >= 15 is 0 Å². The molecule has 1 radical (unpaired) electrons. The van der Waals surface area contributed by atoms with Crippen molar-refractivity contribution in [3.05, 3.63) is 0 Å². The standard InChI is InChI=1S/CH2N3/c2-1-4-3/h3H2. The van der Waals surface area contributed by atoms with Gasteiger partial charge in [-0.05, 0) is 0 Å². The number of nitrogens with zero attached hydrogens (tertiary/aromatic N) is 2. The number of hydrogen-bond donors (Lipinski definition) is 1. The van der Waals surface area contributed by atoms with E-state index < -0.39 is 0 Å². The predicted molar refractivity (Wildman–Crippen MR) is 11.9 cm³/mol. The van der Waals surface area contributed by atoms with Crippen molar-refractivity contribution in [3.63, 3.8) is 0 Å². The Balaban J connectivity index is 2.43. The molecule has 0 fully saturated rings. The molecule has 0 atom stereocenters. The number of nitrogens with two attached hydrogens (primary N) is 1. The first kappa shape index (κ1) is 3.25.